The number of carbonyl (C=O) groups excluding carboxylic acids is 1. The predicted octanol–water partition coefficient (Wildman–Crippen LogP) is 1.26. The van der Waals surface area contributed by atoms with E-state index < -0.39 is 0 Å². The van der Waals surface area contributed by atoms with Gasteiger partial charge in [0.15, 0.2) is 5.65 Å². The van der Waals surface area contributed by atoms with Gasteiger partial charge in [0.05, 0.1) is 6.20 Å². The van der Waals surface area contributed by atoms with Crippen LogP contribution in [-0.2, 0) is 0 Å². The standard InChI is InChI=1S/C11H14N4O/c1-2-3-6-13-11(16)9-4-7-12-10-5-8-14-15(9)10/h4-5,7-8H,2-3,6H2,1H3,(H,13,16). The molecule has 0 fully saturated rings. The van der Waals surface area contributed by atoms with Gasteiger partial charge in [-0.2, -0.15) is 5.10 Å². The average Bonchev–Trinajstić information content (AvgIpc) is 2.76. The molecule has 0 aliphatic rings. The zero-order valence-electron chi connectivity index (χ0n) is 9.18. The van der Waals surface area contributed by atoms with Gasteiger partial charge in [0.2, 0.25) is 0 Å². The van der Waals surface area contributed by atoms with Crippen LogP contribution >= 0.6 is 0 Å². The second-order valence-corrected chi connectivity index (χ2v) is 3.54. The van der Waals surface area contributed by atoms with Crippen molar-refractivity contribution in [3.8, 4) is 0 Å². The summed E-state index contributed by atoms with van der Waals surface area (Å²) in [5, 5.41) is 6.92. The van der Waals surface area contributed by atoms with Crippen molar-refractivity contribution >= 4 is 11.6 Å². The van der Waals surface area contributed by atoms with Gasteiger partial charge in [0, 0.05) is 18.8 Å². The molecule has 1 N–H and O–H groups in total. The Bertz CT molecular complexity index is 491. The molecule has 2 aromatic heterocycles. The molecular weight excluding hydrogens is 204 g/mol. The number of rotatable bonds is 4. The van der Waals surface area contributed by atoms with Crippen LogP contribution in [0.2, 0.25) is 0 Å². The number of hydrogen-bond acceptors (Lipinski definition) is 3. The first-order chi connectivity index (χ1) is 7.83. The Morgan fingerprint density at radius 1 is 1.44 bits per heavy atom. The monoisotopic (exact) mass is 218 g/mol. The fourth-order valence-corrected chi connectivity index (χ4v) is 1.48. The minimum atomic E-state index is -0.107. The van der Waals surface area contributed by atoms with E-state index in [1.54, 1.807) is 29.0 Å². The fourth-order valence-electron chi connectivity index (χ4n) is 1.48. The third-order valence-electron chi connectivity index (χ3n) is 2.34. The zero-order chi connectivity index (χ0) is 11.4. The van der Waals surface area contributed by atoms with Crippen LogP contribution in [0.1, 0.15) is 30.3 Å². The van der Waals surface area contributed by atoms with E-state index in [2.05, 4.69) is 22.3 Å². The van der Waals surface area contributed by atoms with Gasteiger partial charge < -0.3 is 5.32 Å². The molecule has 0 aliphatic heterocycles. The minimum Gasteiger partial charge on any atom is -0.351 e. The summed E-state index contributed by atoms with van der Waals surface area (Å²) in [7, 11) is 0. The van der Waals surface area contributed by atoms with E-state index in [9.17, 15) is 4.79 Å². The molecule has 1 amide bonds. The molecule has 84 valence electrons. The van der Waals surface area contributed by atoms with Crippen LogP contribution in [0.3, 0.4) is 0 Å². The summed E-state index contributed by atoms with van der Waals surface area (Å²) in [6.45, 7) is 2.78. The van der Waals surface area contributed by atoms with Crippen LogP contribution in [-0.4, -0.2) is 27.0 Å². The number of nitrogens with one attached hydrogen (secondary N) is 1. The highest BCUT2D eigenvalue weighted by atomic mass is 16.1. The lowest BCUT2D eigenvalue weighted by Crippen LogP contribution is -2.26. The smallest absolute Gasteiger partial charge is 0.270 e. The number of hydrogen-bond donors (Lipinski definition) is 1. The molecule has 0 atom stereocenters. The van der Waals surface area contributed by atoms with Crippen molar-refractivity contribution in [2.24, 2.45) is 0 Å². The van der Waals surface area contributed by atoms with Crippen molar-refractivity contribution < 1.29 is 4.79 Å². The molecule has 0 saturated heterocycles. The molecule has 5 nitrogen and oxygen atoms in total. The van der Waals surface area contributed by atoms with Crippen molar-refractivity contribution in [3.05, 3.63) is 30.2 Å². The first-order valence-corrected chi connectivity index (χ1v) is 5.40. The average molecular weight is 218 g/mol. The van der Waals surface area contributed by atoms with Crippen LogP contribution in [0.5, 0.6) is 0 Å². The van der Waals surface area contributed by atoms with E-state index >= 15 is 0 Å². The van der Waals surface area contributed by atoms with Crippen LogP contribution in [0, 0.1) is 0 Å². The van der Waals surface area contributed by atoms with Crippen LogP contribution in [0.25, 0.3) is 5.65 Å². The normalized spacial score (nSPS) is 10.6. The van der Waals surface area contributed by atoms with Gasteiger partial charge in [-0.3, -0.25) is 4.79 Å². The molecule has 0 radical (unpaired) electrons. The SMILES string of the molecule is CCCCNC(=O)c1ccnc2ccnn12. The fraction of sp³-hybridized carbons (Fsp3) is 0.364. The van der Waals surface area contributed by atoms with Gasteiger partial charge in [-0.1, -0.05) is 13.3 Å². The lowest BCUT2D eigenvalue weighted by molar-refractivity contribution is 0.0945. The number of carbonyl (C=O) groups is 1. The number of fused-ring (bicyclic) bond motifs is 1. The largest absolute Gasteiger partial charge is 0.351 e. The number of amides is 1. The number of nitrogens with zero attached hydrogens (tertiary/aromatic N) is 3. The highest BCUT2D eigenvalue weighted by molar-refractivity contribution is 5.92. The molecule has 0 aromatic carbocycles. The lowest BCUT2D eigenvalue weighted by Gasteiger charge is -2.05. The maximum Gasteiger partial charge on any atom is 0.270 e. The Balaban J connectivity index is 2.19. The topological polar surface area (TPSA) is 59.3 Å². The van der Waals surface area contributed by atoms with Crippen LogP contribution < -0.4 is 5.32 Å². The quantitative estimate of drug-likeness (QED) is 0.786. The van der Waals surface area contributed by atoms with Crippen molar-refractivity contribution in [1.82, 2.24) is 19.9 Å². The van der Waals surface area contributed by atoms with E-state index in [1.807, 2.05) is 0 Å². The Labute approximate surface area is 93.5 Å². The molecule has 2 aromatic rings. The van der Waals surface area contributed by atoms with Crippen LogP contribution in [0.4, 0.5) is 0 Å². The maximum atomic E-state index is 11.8. The summed E-state index contributed by atoms with van der Waals surface area (Å²) in [6, 6.07) is 3.43. The zero-order valence-corrected chi connectivity index (χ0v) is 9.18. The summed E-state index contributed by atoms with van der Waals surface area (Å²) in [6.07, 6.45) is 5.30. The Hall–Kier alpha value is -1.91. The highest BCUT2D eigenvalue weighted by Gasteiger charge is 2.09. The van der Waals surface area contributed by atoms with Gasteiger partial charge in [-0.25, -0.2) is 9.50 Å². The number of unbranched alkanes of at least 4 members (excludes halogenated alkanes) is 1. The van der Waals surface area contributed by atoms with E-state index in [-0.39, 0.29) is 5.91 Å². The molecule has 0 unspecified atom stereocenters. The Kier molecular flexibility index (Phi) is 3.14. The molecule has 16 heavy (non-hydrogen) atoms. The van der Waals surface area contributed by atoms with Gasteiger partial charge in [0.25, 0.3) is 5.91 Å². The summed E-state index contributed by atoms with van der Waals surface area (Å²) in [4.78, 5) is 15.9. The third kappa shape index (κ3) is 2.03. The summed E-state index contributed by atoms with van der Waals surface area (Å²) in [5.41, 5.74) is 1.20. The molecule has 2 rings (SSSR count). The predicted molar refractivity (Wildman–Crippen MR) is 60.2 cm³/mol. The van der Waals surface area contributed by atoms with Crippen molar-refractivity contribution in [3.63, 3.8) is 0 Å². The van der Waals surface area contributed by atoms with Gasteiger partial charge in [0.1, 0.15) is 5.69 Å². The van der Waals surface area contributed by atoms with Gasteiger partial charge in [-0.05, 0) is 12.5 Å². The van der Waals surface area contributed by atoms with E-state index in [0.717, 1.165) is 12.8 Å². The molecule has 0 bridgehead atoms. The number of aromatic nitrogens is 3. The molecule has 5 heteroatoms. The van der Waals surface area contributed by atoms with E-state index in [1.165, 1.54) is 0 Å². The van der Waals surface area contributed by atoms with Crippen LogP contribution in [0.15, 0.2) is 24.5 Å². The first kappa shape index (κ1) is 10.6. The highest BCUT2D eigenvalue weighted by Crippen LogP contribution is 2.02. The minimum absolute atomic E-state index is 0.107. The van der Waals surface area contributed by atoms with E-state index in [4.69, 9.17) is 0 Å². The van der Waals surface area contributed by atoms with Crippen molar-refractivity contribution in [2.45, 2.75) is 19.8 Å². The van der Waals surface area contributed by atoms with Gasteiger partial charge in [-0.15, -0.1) is 0 Å². The molecule has 2 heterocycles. The van der Waals surface area contributed by atoms with Crippen molar-refractivity contribution in [1.29, 1.82) is 0 Å². The molecular formula is C11H14N4O. The Morgan fingerprint density at radius 2 is 2.31 bits per heavy atom. The van der Waals surface area contributed by atoms with E-state index in [0.29, 0.717) is 17.9 Å². The van der Waals surface area contributed by atoms with Crippen molar-refractivity contribution in [2.75, 3.05) is 6.54 Å². The molecule has 0 aliphatic carbocycles. The summed E-state index contributed by atoms with van der Waals surface area (Å²) < 4.78 is 1.54. The second kappa shape index (κ2) is 4.74. The third-order valence-corrected chi connectivity index (χ3v) is 2.34. The molecule has 0 spiro atoms. The maximum absolute atomic E-state index is 11.8. The summed E-state index contributed by atoms with van der Waals surface area (Å²) >= 11 is 0. The Morgan fingerprint density at radius 3 is 3.12 bits per heavy atom. The first-order valence-electron chi connectivity index (χ1n) is 5.40. The van der Waals surface area contributed by atoms with Gasteiger partial charge >= 0.3 is 0 Å². The summed E-state index contributed by atoms with van der Waals surface area (Å²) in [5.74, 6) is -0.107. The second-order valence-electron chi connectivity index (χ2n) is 3.54. The lowest BCUT2D eigenvalue weighted by atomic mass is 10.3. The molecule has 0 saturated carbocycles.